The molecule has 25 nitrogen and oxygen atoms in total. The lowest BCUT2D eigenvalue weighted by atomic mass is 9.74. The zero-order valence-electron chi connectivity index (χ0n) is 63.7. The first kappa shape index (κ1) is 83.1. The average molecular weight is 1490 g/mol. The molecule has 8 rings (SSSR count). The number of nitrogens with one attached hydrogen (secondary N) is 3. The minimum absolute atomic E-state index is 0.0169. The van der Waals surface area contributed by atoms with Gasteiger partial charge in [-0.15, -0.1) is 0 Å². The van der Waals surface area contributed by atoms with Gasteiger partial charge in [0.1, 0.15) is 53.9 Å². The maximum Gasteiger partial charge on any atom is 0.391 e. The number of rotatable bonds is 13. The molecular weight excluding hydrogens is 1370 g/mol. The smallest absolute Gasteiger partial charge is 0.377 e. The molecule has 12 amide bonds. The molecule has 13 atom stereocenters. The molecule has 4 aliphatic heterocycles. The van der Waals surface area contributed by atoms with Crippen LogP contribution in [0.5, 0.6) is 0 Å². The third-order valence-electron chi connectivity index (χ3n) is 24.3. The first-order valence-electron chi connectivity index (χ1n) is 38.5. The Hall–Kier alpha value is -6.52. The molecule has 3 N–H and O–H groups in total. The normalized spacial score (nSPS) is 32.3. The van der Waals surface area contributed by atoms with E-state index in [-0.39, 0.29) is 109 Å². The largest absolute Gasteiger partial charge is 0.391 e. The van der Waals surface area contributed by atoms with Crippen LogP contribution in [0.25, 0.3) is 0 Å². The molecule has 0 aromatic rings. The molecule has 7 fully saturated rings. The van der Waals surface area contributed by atoms with Crippen molar-refractivity contribution in [1.29, 1.82) is 0 Å². The van der Waals surface area contributed by atoms with E-state index in [0.717, 1.165) is 54.1 Å². The van der Waals surface area contributed by atoms with Gasteiger partial charge < -0.3 is 64.8 Å². The van der Waals surface area contributed by atoms with Crippen molar-refractivity contribution in [3.8, 4) is 0 Å². The van der Waals surface area contributed by atoms with E-state index >= 15 is 28.8 Å². The second-order valence-corrected chi connectivity index (χ2v) is 32.9. The van der Waals surface area contributed by atoms with Crippen LogP contribution >= 0.6 is 11.8 Å². The zero-order chi connectivity index (χ0) is 76.2. The maximum atomic E-state index is 15.7. The topological polar surface area (TPSA) is 279 Å². The third-order valence-corrected chi connectivity index (χ3v) is 25.9. The Morgan fingerprint density at radius 3 is 1.96 bits per heavy atom. The second kappa shape index (κ2) is 36.9. The number of halogens is 3. The fraction of sp³-hybridized carbons (Fsp3) is 0.813. The fourth-order valence-corrected chi connectivity index (χ4v) is 19.0. The van der Waals surface area contributed by atoms with Gasteiger partial charge in [-0.1, -0.05) is 58.6 Å². The van der Waals surface area contributed by atoms with E-state index in [9.17, 15) is 41.9 Å². The van der Waals surface area contributed by atoms with E-state index in [0.29, 0.717) is 49.7 Å². The van der Waals surface area contributed by atoms with E-state index in [4.69, 9.17) is 4.74 Å². The molecule has 4 saturated carbocycles. The van der Waals surface area contributed by atoms with Crippen molar-refractivity contribution in [1.82, 2.24) is 60.0 Å². The van der Waals surface area contributed by atoms with Crippen LogP contribution in [0.3, 0.4) is 0 Å². The van der Waals surface area contributed by atoms with E-state index in [1.807, 2.05) is 25.6 Å². The number of thioether (sulfide) groups is 1. The van der Waals surface area contributed by atoms with Gasteiger partial charge in [-0.25, -0.2) is 0 Å². The van der Waals surface area contributed by atoms with Gasteiger partial charge in [-0.2, -0.15) is 24.9 Å². The molecule has 0 radical (unpaired) electrons. The molecule has 3 unspecified atom stereocenters. The summed E-state index contributed by atoms with van der Waals surface area (Å²) >= 11 is 1.99. The highest BCUT2D eigenvalue weighted by Gasteiger charge is 2.54. The van der Waals surface area contributed by atoms with Gasteiger partial charge in [0, 0.05) is 87.7 Å². The van der Waals surface area contributed by atoms with Crippen molar-refractivity contribution in [2.75, 3.05) is 94.9 Å². The summed E-state index contributed by atoms with van der Waals surface area (Å²) < 4.78 is 48.6. The van der Waals surface area contributed by atoms with Crippen LogP contribution in [0.2, 0.25) is 0 Å². The molecule has 8 aliphatic rings. The van der Waals surface area contributed by atoms with Gasteiger partial charge in [-0.05, 0) is 164 Å². The molecule has 1 spiro atoms. The summed E-state index contributed by atoms with van der Waals surface area (Å²) in [5.74, 6) is -8.80. The van der Waals surface area contributed by atoms with Gasteiger partial charge in [0.25, 0.3) is 0 Å². The van der Waals surface area contributed by atoms with Crippen LogP contribution in [0.15, 0.2) is 12.2 Å². The Balaban J connectivity index is 1.18. The Morgan fingerprint density at radius 2 is 1.34 bits per heavy atom. The van der Waals surface area contributed by atoms with Crippen LogP contribution in [-0.4, -0.2) is 281 Å². The number of amides is 12. The first-order chi connectivity index (χ1) is 49.2. The van der Waals surface area contributed by atoms with Crippen molar-refractivity contribution >= 4 is 82.6 Å². The van der Waals surface area contributed by atoms with E-state index in [1.54, 1.807) is 26.0 Å². The van der Waals surface area contributed by atoms with Crippen LogP contribution in [-0.2, 0) is 62.3 Å². The van der Waals surface area contributed by atoms with E-state index in [2.05, 4.69) is 16.0 Å². The van der Waals surface area contributed by atoms with Gasteiger partial charge in [0.15, 0.2) is 0 Å². The molecule has 584 valence electrons. The van der Waals surface area contributed by atoms with Crippen molar-refractivity contribution in [3.63, 3.8) is 0 Å². The summed E-state index contributed by atoms with van der Waals surface area (Å²) in [6.07, 6.45) is 7.17. The number of fused-ring (bicyclic) bond motifs is 4. The van der Waals surface area contributed by atoms with E-state index in [1.165, 1.54) is 90.7 Å². The van der Waals surface area contributed by atoms with Gasteiger partial charge >= 0.3 is 6.18 Å². The first-order valence-corrected chi connectivity index (χ1v) is 39.5. The summed E-state index contributed by atoms with van der Waals surface area (Å²) in [5, 5.41) is 9.52. The number of carbonyl (C=O) groups is 12. The number of nitrogens with zero attached hydrogens (tertiary/aromatic N) is 9. The lowest BCUT2D eigenvalue weighted by Crippen LogP contribution is -2.68. The molecule has 104 heavy (non-hydrogen) atoms. The molecule has 0 aromatic heterocycles. The van der Waals surface area contributed by atoms with Crippen LogP contribution in [0.4, 0.5) is 13.2 Å². The standard InChI is InChI=1S/C75H119F3N12O13S/c1-13-22-54-65(94)80-63(46(4)14-2)71(100)84(8)45-62(93)86(10)55-25-17-16-20-37-89(70(55)99)58(40-48-26-30-51(31-27-48)75(76,77)78)69(98)83(7)44-60(91)79-53(32-28-47-29-33-59-50(39-47)34-38-104-59)67(96)90-43-52(103-15-3)41-56(90)66(95)81-74(35-21-36-74)73(102)88(12)64(49-23-18-19-24-49)72(101)87(11)57(68(97)82(5)6)42-61(92)85(54)9/h16-17,46-59,63-64H,13-15,18-45H2,1-12H3,(H,79,91)(H,80,94)(H,81,95)/b17-16-/t46-,47?,48?,50?,51?,52+,53-,54-,55-,56-,57-,58-,59?,63-,64-/m0/s1. The Morgan fingerprint density at radius 1 is 0.663 bits per heavy atom. The Bertz CT molecular complexity index is 3110. The highest BCUT2D eigenvalue weighted by Crippen LogP contribution is 2.46. The summed E-state index contributed by atoms with van der Waals surface area (Å²) in [5.41, 5.74) is -1.53. The van der Waals surface area contributed by atoms with Gasteiger partial charge in [0.2, 0.25) is 70.9 Å². The van der Waals surface area contributed by atoms with Crippen LogP contribution in [0, 0.1) is 35.5 Å². The number of hydrogen-bond donors (Lipinski definition) is 3. The second-order valence-electron chi connectivity index (χ2n) is 31.5. The van der Waals surface area contributed by atoms with Gasteiger partial charge in [-0.3, -0.25) is 57.5 Å². The Kier molecular flexibility index (Phi) is 29.5. The number of ether oxygens (including phenoxy) is 1. The summed E-state index contributed by atoms with van der Waals surface area (Å²) in [4.78, 5) is 193. The third kappa shape index (κ3) is 19.8. The minimum Gasteiger partial charge on any atom is -0.377 e. The van der Waals surface area contributed by atoms with Crippen molar-refractivity contribution in [2.24, 2.45) is 35.5 Å². The molecule has 29 heteroatoms. The van der Waals surface area contributed by atoms with Crippen LogP contribution < -0.4 is 16.0 Å². The molecule has 3 saturated heterocycles. The monoisotopic (exact) mass is 1480 g/mol. The number of likely N-dealkylation sites (N-methyl/N-ethyl adjacent to an activating group) is 7. The number of carbonyl (C=O) groups excluding carboxylic acids is 12. The average Bonchev–Trinajstić information content (AvgIpc) is 1.37. The molecule has 0 aromatic carbocycles. The maximum absolute atomic E-state index is 15.7. The van der Waals surface area contributed by atoms with Gasteiger partial charge in [0.05, 0.1) is 31.5 Å². The lowest BCUT2D eigenvalue weighted by Gasteiger charge is -2.46. The number of alkyl halides is 3. The summed E-state index contributed by atoms with van der Waals surface area (Å²) in [6, 6.07) is -10.00. The van der Waals surface area contributed by atoms with E-state index < -0.39 is 174 Å². The van der Waals surface area contributed by atoms with Crippen LogP contribution in [0.1, 0.15) is 188 Å². The van der Waals surface area contributed by atoms with Crippen molar-refractivity contribution in [3.05, 3.63) is 12.2 Å². The SMILES string of the molecule is CCC[C@H]1C(=O)N[C@@H]([C@@H](C)CC)C(=O)N(C)CC(=O)N(C)[C@H]2C/C=C\CCN(C2=O)[C@@H](CC2CCC(C(F)(F)F)CC2)C(=O)N(C)CC(=O)N[C@@H](CCC2CCC3SCCC3C2)C(=O)N2C[C@H](OCC)C[C@H]2C(=O)NC2(CCC2)C(=O)N(C)[C@@H](C2CCCC2)C(=O)N(C)[C@H](C(=O)N(C)C)CC(=O)N1C. The zero-order valence-corrected chi connectivity index (χ0v) is 64.5. The predicted molar refractivity (Wildman–Crippen MR) is 386 cm³/mol. The van der Waals surface area contributed by atoms with Crippen molar-refractivity contribution < 1.29 is 75.4 Å². The highest BCUT2D eigenvalue weighted by atomic mass is 32.2. The molecule has 4 aliphatic carbocycles. The highest BCUT2D eigenvalue weighted by molar-refractivity contribution is 8.00. The Labute approximate surface area is 617 Å². The molecular formula is C75H119F3N12O13S. The molecule has 2 bridgehead atoms. The predicted octanol–water partition coefficient (Wildman–Crippen LogP) is 5.76. The fourth-order valence-electron chi connectivity index (χ4n) is 17.5. The quantitative estimate of drug-likeness (QED) is 0.185. The summed E-state index contributed by atoms with van der Waals surface area (Å²) in [7, 11) is 11.5. The number of hydrogen-bond acceptors (Lipinski definition) is 14. The summed E-state index contributed by atoms with van der Waals surface area (Å²) in [6.45, 7) is 6.15. The van der Waals surface area contributed by atoms with Crippen molar-refractivity contribution in [2.45, 2.75) is 260 Å². The minimum atomic E-state index is -4.43. The lowest BCUT2D eigenvalue weighted by molar-refractivity contribution is -0.184. The molecule has 4 heterocycles.